The van der Waals surface area contributed by atoms with Crippen molar-refractivity contribution in [1.82, 2.24) is 5.32 Å². The van der Waals surface area contributed by atoms with E-state index in [2.05, 4.69) is 5.32 Å². The van der Waals surface area contributed by atoms with Gasteiger partial charge in [-0.1, -0.05) is 26.7 Å². The molecule has 0 heterocycles. The van der Waals surface area contributed by atoms with Crippen LogP contribution in [0, 0.1) is 5.41 Å². The standard InChI is InChI=1S/C14H25NO4/c1-14(2,10-13(17)18)9-12(16)15-7-8-19-11-5-3-4-6-11/h11H,3-10H2,1-2H3,(H,15,16)(H,17,18). The number of carboxylic acids is 1. The molecule has 0 bridgehead atoms. The molecule has 1 amide bonds. The van der Waals surface area contributed by atoms with Crippen LogP contribution in [0.4, 0.5) is 0 Å². The van der Waals surface area contributed by atoms with Gasteiger partial charge in [0.05, 0.1) is 19.1 Å². The largest absolute Gasteiger partial charge is 0.481 e. The summed E-state index contributed by atoms with van der Waals surface area (Å²) < 4.78 is 5.64. The van der Waals surface area contributed by atoms with Crippen LogP contribution in [0.1, 0.15) is 52.4 Å². The quantitative estimate of drug-likeness (QED) is 0.662. The molecular formula is C14H25NO4. The number of hydrogen-bond donors (Lipinski definition) is 2. The maximum absolute atomic E-state index is 11.7. The molecule has 0 aromatic rings. The first-order chi connectivity index (χ1) is 8.89. The minimum absolute atomic E-state index is 0.000998. The molecule has 0 saturated heterocycles. The summed E-state index contributed by atoms with van der Waals surface area (Å²) in [5.74, 6) is -0.983. The topological polar surface area (TPSA) is 75.6 Å². The number of amides is 1. The van der Waals surface area contributed by atoms with E-state index in [4.69, 9.17) is 9.84 Å². The van der Waals surface area contributed by atoms with Gasteiger partial charge in [-0.3, -0.25) is 9.59 Å². The molecule has 0 aliphatic heterocycles. The molecule has 19 heavy (non-hydrogen) atoms. The summed E-state index contributed by atoms with van der Waals surface area (Å²) in [4.78, 5) is 22.3. The average molecular weight is 271 g/mol. The fourth-order valence-corrected chi connectivity index (χ4v) is 2.44. The lowest BCUT2D eigenvalue weighted by molar-refractivity contribution is -0.139. The molecule has 1 aliphatic carbocycles. The van der Waals surface area contributed by atoms with Crippen LogP contribution in [0.15, 0.2) is 0 Å². The van der Waals surface area contributed by atoms with Crippen LogP contribution in [-0.2, 0) is 14.3 Å². The summed E-state index contributed by atoms with van der Waals surface area (Å²) in [6.07, 6.45) is 5.31. The van der Waals surface area contributed by atoms with E-state index in [1.165, 1.54) is 12.8 Å². The van der Waals surface area contributed by atoms with Crippen molar-refractivity contribution in [3.05, 3.63) is 0 Å². The zero-order chi connectivity index (χ0) is 14.3. The van der Waals surface area contributed by atoms with Gasteiger partial charge in [0.1, 0.15) is 0 Å². The molecule has 2 N–H and O–H groups in total. The van der Waals surface area contributed by atoms with E-state index < -0.39 is 11.4 Å². The molecule has 0 spiro atoms. The molecule has 110 valence electrons. The van der Waals surface area contributed by atoms with E-state index in [-0.39, 0.29) is 18.7 Å². The van der Waals surface area contributed by atoms with E-state index in [0.29, 0.717) is 19.3 Å². The highest BCUT2D eigenvalue weighted by Crippen LogP contribution is 2.24. The summed E-state index contributed by atoms with van der Waals surface area (Å²) >= 11 is 0. The minimum atomic E-state index is -0.873. The maximum Gasteiger partial charge on any atom is 0.303 e. The third-order valence-electron chi connectivity index (χ3n) is 3.35. The Morgan fingerprint density at radius 3 is 2.47 bits per heavy atom. The maximum atomic E-state index is 11.7. The minimum Gasteiger partial charge on any atom is -0.481 e. The van der Waals surface area contributed by atoms with Gasteiger partial charge in [0.25, 0.3) is 0 Å². The zero-order valence-electron chi connectivity index (χ0n) is 11.9. The summed E-state index contributed by atoms with van der Waals surface area (Å²) in [6, 6.07) is 0. The first-order valence-electron chi connectivity index (χ1n) is 6.99. The van der Waals surface area contributed by atoms with Crippen molar-refractivity contribution in [2.75, 3.05) is 13.2 Å². The van der Waals surface area contributed by atoms with Crippen molar-refractivity contribution in [2.24, 2.45) is 5.41 Å². The molecule has 1 fully saturated rings. The molecule has 0 radical (unpaired) electrons. The van der Waals surface area contributed by atoms with Gasteiger partial charge in [-0.05, 0) is 18.3 Å². The zero-order valence-corrected chi connectivity index (χ0v) is 11.9. The Hall–Kier alpha value is -1.10. The highest BCUT2D eigenvalue weighted by atomic mass is 16.5. The van der Waals surface area contributed by atoms with Crippen molar-refractivity contribution >= 4 is 11.9 Å². The van der Waals surface area contributed by atoms with Gasteiger partial charge in [-0.2, -0.15) is 0 Å². The van der Waals surface area contributed by atoms with Crippen LogP contribution in [0.25, 0.3) is 0 Å². The van der Waals surface area contributed by atoms with E-state index in [1.807, 2.05) is 0 Å². The monoisotopic (exact) mass is 271 g/mol. The molecule has 1 aliphatic rings. The Labute approximate surface area is 114 Å². The molecular weight excluding hydrogens is 246 g/mol. The highest BCUT2D eigenvalue weighted by Gasteiger charge is 2.25. The number of carbonyl (C=O) groups excluding carboxylic acids is 1. The average Bonchev–Trinajstić information content (AvgIpc) is 2.74. The van der Waals surface area contributed by atoms with Crippen molar-refractivity contribution in [1.29, 1.82) is 0 Å². The van der Waals surface area contributed by atoms with Gasteiger partial charge in [0, 0.05) is 13.0 Å². The lowest BCUT2D eigenvalue weighted by atomic mass is 9.85. The van der Waals surface area contributed by atoms with E-state index in [1.54, 1.807) is 13.8 Å². The van der Waals surface area contributed by atoms with Gasteiger partial charge >= 0.3 is 5.97 Å². The molecule has 1 saturated carbocycles. The second kappa shape index (κ2) is 7.48. The van der Waals surface area contributed by atoms with Gasteiger partial charge in [-0.25, -0.2) is 0 Å². The van der Waals surface area contributed by atoms with Crippen molar-refractivity contribution < 1.29 is 19.4 Å². The number of carbonyl (C=O) groups is 2. The van der Waals surface area contributed by atoms with Crippen molar-refractivity contribution in [2.45, 2.75) is 58.5 Å². The third kappa shape index (κ3) is 7.15. The third-order valence-corrected chi connectivity index (χ3v) is 3.35. The molecule has 0 unspecified atom stereocenters. The van der Waals surface area contributed by atoms with E-state index in [9.17, 15) is 9.59 Å². The lowest BCUT2D eigenvalue weighted by Crippen LogP contribution is -2.32. The Bertz CT molecular complexity index is 309. The number of nitrogens with one attached hydrogen (secondary N) is 1. The fraction of sp³-hybridized carbons (Fsp3) is 0.857. The molecule has 5 heteroatoms. The lowest BCUT2D eigenvalue weighted by Gasteiger charge is -2.21. The van der Waals surface area contributed by atoms with Crippen molar-refractivity contribution in [3.8, 4) is 0 Å². The Balaban J connectivity index is 2.11. The van der Waals surface area contributed by atoms with Crippen LogP contribution in [0.3, 0.4) is 0 Å². The Morgan fingerprint density at radius 1 is 1.26 bits per heavy atom. The SMILES string of the molecule is CC(C)(CC(=O)O)CC(=O)NCCOC1CCCC1. The predicted octanol–water partition coefficient (Wildman–Crippen LogP) is 1.95. The molecule has 0 aromatic carbocycles. The van der Waals surface area contributed by atoms with Gasteiger partial charge in [-0.15, -0.1) is 0 Å². The number of hydrogen-bond acceptors (Lipinski definition) is 3. The van der Waals surface area contributed by atoms with Crippen LogP contribution >= 0.6 is 0 Å². The summed E-state index contributed by atoms with van der Waals surface area (Å²) in [5, 5.41) is 11.5. The van der Waals surface area contributed by atoms with Crippen LogP contribution in [-0.4, -0.2) is 36.2 Å². The second-order valence-electron chi connectivity index (χ2n) is 6.04. The summed E-state index contributed by atoms with van der Waals surface area (Å²) in [6.45, 7) is 4.61. The number of ether oxygens (including phenoxy) is 1. The molecule has 5 nitrogen and oxygen atoms in total. The number of carboxylic acid groups (broad SMARTS) is 1. The van der Waals surface area contributed by atoms with Crippen molar-refractivity contribution in [3.63, 3.8) is 0 Å². The second-order valence-corrected chi connectivity index (χ2v) is 6.04. The first kappa shape index (κ1) is 16.0. The van der Waals surface area contributed by atoms with Gasteiger partial charge in [0.15, 0.2) is 0 Å². The predicted molar refractivity (Wildman–Crippen MR) is 71.9 cm³/mol. The highest BCUT2D eigenvalue weighted by molar-refractivity contribution is 5.77. The van der Waals surface area contributed by atoms with Gasteiger partial charge < -0.3 is 15.2 Å². The van der Waals surface area contributed by atoms with Gasteiger partial charge in [0.2, 0.25) is 5.91 Å². The van der Waals surface area contributed by atoms with Crippen LogP contribution in [0.5, 0.6) is 0 Å². The van der Waals surface area contributed by atoms with Crippen LogP contribution in [0.2, 0.25) is 0 Å². The summed E-state index contributed by atoms with van der Waals surface area (Å²) in [5.41, 5.74) is -0.512. The van der Waals surface area contributed by atoms with E-state index >= 15 is 0 Å². The summed E-state index contributed by atoms with van der Waals surface area (Å²) in [7, 11) is 0. The smallest absolute Gasteiger partial charge is 0.303 e. The Kier molecular flexibility index (Phi) is 6.28. The first-order valence-corrected chi connectivity index (χ1v) is 6.99. The molecule has 0 atom stereocenters. The fourth-order valence-electron chi connectivity index (χ4n) is 2.44. The number of rotatable bonds is 8. The number of aliphatic carboxylic acids is 1. The Morgan fingerprint density at radius 2 is 1.89 bits per heavy atom. The van der Waals surface area contributed by atoms with E-state index in [0.717, 1.165) is 12.8 Å². The normalized spacial score (nSPS) is 16.5. The molecule has 1 rings (SSSR count). The molecule has 0 aromatic heterocycles. The van der Waals surface area contributed by atoms with Crippen LogP contribution < -0.4 is 5.32 Å².